The Kier molecular flexibility index (Phi) is 12.7. The lowest BCUT2D eigenvalue weighted by Crippen LogP contribution is -2.59. The molecule has 1 saturated heterocycles. The van der Waals surface area contributed by atoms with Crippen molar-refractivity contribution >= 4 is 10.4 Å². The summed E-state index contributed by atoms with van der Waals surface area (Å²) in [4.78, 5) is 0. The molecule has 1 atom stereocenters. The standard InChI is InChI=1S/C18H36O8S/c1-2-3-4-5-6-7-8-9-10-11-12-17(24-16-15-23-14-13-19)18(20)25-27(21,22)26-18/h17,19-20H,2-16H2,1H3. The Balaban J connectivity index is 2.19. The van der Waals surface area contributed by atoms with Gasteiger partial charge in [-0.3, -0.25) is 0 Å². The molecule has 1 rings (SSSR count). The summed E-state index contributed by atoms with van der Waals surface area (Å²) in [6, 6.07) is 0. The molecule has 0 aromatic rings. The van der Waals surface area contributed by atoms with Crippen molar-refractivity contribution in [1.29, 1.82) is 0 Å². The number of aliphatic hydroxyl groups is 2. The second-order valence-corrected chi connectivity index (χ2v) is 8.02. The average molecular weight is 413 g/mol. The maximum absolute atomic E-state index is 11.1. The van der Waals surface area contributed by atoms with Gasteiger partial charge in [-0.1, -0.05) is 71.1 Å². The van der Waals surface area contributed by atoms with E-state index in [1.165, 1.54) is 44.9 Å². The summed E-state index contributed by atoms with van der Waals surface area (Å²) in [6.07, 6.45) is 11.2. The van der Waals surface area contributed by atoms with Gasteiger partial charge in [0.25, 0.3) is 0 Å². The SMILES string of the molecule is CCCCCCCCCCCCC(OCCOCCO)C1(O)OS(=O)(=O)O1. The van der Waals surface area contributed by atoms with Crippen molar-refractivity contribution in [2.45, 2.75) is 89.6 Å². The van der Waals surface area contributed by atoms with Crippen LogP contribution in [0, 0.1) is 0 Å². The lowest BCUT2D eigenvalue weighted by Gasteiger charge is -2.39. The molecule has 2 N–H and O–H groups in total. The van der Waals surface area contributed by atoms with E-state index < -0.39 is 22.5 Å². The normalized spacial score (nSPS) is 18.9. The largest absolute Gasteiger partial charge is 0.409 e. The topological polar surface area (TPSA) is 112 Å². The quantitative estimate of drug-likeness (QED) is 0.331. The van der Waals surface area contributed by atoms with Gasteiger partial charge in [0.2, 0.25) is 0 Å². The first kappa shape index (κ1) is 24.7. The zero-order valence-corrected chi connectivity index (χ0v) is 17.3. The third-order valence-corrected chi connectivity index (χ3v) is 5.34. The number of hydrogen-bond donors (Lipinski definition) is 2. The molecule has 0 bridgehead atoms. The lowest BCUT2D eigenvalue weighted by molar-refractivity contribution is -0.373. The Labute approximate surface area is 163 Å². The van der Waals surface area contributed by atoms with E-state index in [2.05, 4.69) is 15.3 Å². The molecule has 1 fully saturated rings. The van der Waals surface area contributed by atoms with E-state index in [9.17, 15) is 13.5 Å². The van der Waals surface area contributed by atoms with Gasteiger partial charge in [0.15, 0.2) is 0 Å². The second-order valence-electron chi connectivity index (χ2n) is 6.87. The van der Waals surface area contributed by atoms with Crippen molar-refractivity contribution in [2.24, 2.45) is 0 Å². The first-order valence-electron chi connectivity index (χ1n) is 10.1. The van der Waals surface area contributed by atoms with Crippen molar-refractivity contribution in [3.63, 3.8) is 0 Å². The molecular formula is C18H36O8S. The van der Waals surface area contributed by atoms with E-state index in [0.29, 0.717) is 6.42 Å². The van der Waals surface area contributed by atoms with E-state index in [4.69, 9.17) is 14.6 Å². The van der Waals surface area contributed by atoms with Gasteiger partial charge in [0, 0.05) is 0 Å². The highest BCUT2D eigenvalue weighted by atomic mass is 32.3. The Morgan fingerprint density at radius 2 is 1.44 bits per heavy atom. The number of ether oxygens (including phenoxy) is 2. The van der Waals surface area contributed by atoms with Crippen LogP contribution in [0.4, 0.5) is 0 Å². The molecule has 1 heterocycles. The Morgan fingerprint density at radius 1 is 0.889 bits per heavy atom. The molecule has 1 unspecified atom stereocenters. The predicted molar refractivity (Wildman–Crippen MR) is 100 cm³/mol. The lowest BCUT2D eigenvalue weighted by atomic mass is 10.0. The fraction of sp³-hybridized carbons (Fsp3) is 1.00. The van der Waals surface area contributed by atoms with Crippen LogP contribution in [-0.2, 0) is 28.2 Å². The first-order chi connectivity index (χ1) is 12.9. The van der Waals surface area contributed by atoms with Crippen LogP contribution in [0.2, 0.25) is 0 Å². The van der Waals surface area contributed by atoms with Crippen molar-refractivity contribution < 1.29 is 36.5 Å². The number of unbranched alkanes of at least 4 members (excludes halogenated alkanes) is 9. The van der Waals surface area contributed by atoms with Crippen LogP contribution in [0.15, 0.2) is 0 Å². The molecule has 0 aromatic heterocycles. The van der Waals surface area contributed by atoms with Crippen molar-refractivity contribution in [1.82, 2.24) is 0 Å². The van der Waals surface area contributed by atoms with E-state index in [0.717, 1.165) is 19.3 Å². The highest BCUT2D eigenvalue weighted by Crippen LogP contribution is 2.35. The molecule has 0 spiro atoms. The molecule has 27 heavy (non-hydrogen) atoms. The minimum atomic E-state index is -4.12. The molecular weight excluding hydrogens is 376 g/mol. The zero-order valence-electron chi connectivity index (χ0n) is 16.4. The summed E-state index contributed by atoms with van der Waals surface area (Å²) in [5.41, 5.74) is 0. The van der Waals surface area contributed by atoms with Crippen LogP contribution in [-0.4, -0.2) is 57.1 Å². The van der Waals surface area contributed by atoms with Crippen molar-refractivity contribution in [3.8, 4) is 0 Å². The fourth-order valence-corrected chi connectivity index (χ4v) is 3.82. The van der Waals surface area contributed by atoms with Gasteiger partial charge < -0.3 is 19.7 Å². The molecule has 8 nitrogen and oxygen atoms in total. The number of rotatable bonds is 18. The summed E-state index contributed by atoms with van der Waals surface area (Å²) in [5, 5.41) is 18.8. The molecule has 0 aliphatic carbocycles. The summed E-state index contributed by atoms with van der Waals surface area (Å²) in [7, 11) is -4.12. The molecule has 0 radical (unpaired) electrons. The fourth-order valence-electron chi connectivity index (χ4n) is 3.01. The molecule has 1 aliphatic rings. The van der Waals surface area contributed by atoms with E-state index >= 15 is 0 Å². The van der Waals surface area contributed by atoms with E-state index in [1.54, 1.807) is 0 Å². The number of aliphatic hydroxyl groups excluding tert-OH is 1. The Hall–Kier alpha value is -0.290. The van der Waals surface area contributed by atoms with Crippen LogP contribution < -0.4 is 0 Å². The van der Waals surface area contributed by atoms with Crippen LogP contribution >= 0.6 is 0 Å². The average Bonchev–Trinajstić information content (AvgIpc) is 2.59. The van der Waals surface area contributed by atoms with Gasteiger partial charge in [-0.15, -0.1) is 0 Å². The van der Waals surface area contributed by atoms with Gasteiger partial charge >= 0.3 is 16.4 Å². The monoisotopic (exact) mass is 412 g/mol. The van der Waals surface area contributed by atoms with Gasteiger partial charge in [-0.05, 0) is 6.42 Å². The second kappa shape index (κ2) is 13.8. The summed E-state index contributed by atoms with van der Waals surface area (Å²) in [5.74, 6) is -2.25. The third kappa shape index (κ3) is 10.7. The Bertz CT molecular complexity index is 456. The summed E-state index contributed by atoms with van der Waals surface area (Å²) < 4.78 is 41.7. The van der Waals surface area contributed by atoms with Crippen LogP contribution in [0.1, 0.15) is 77.6 Å². The maximum Gasteiger partial charge on any atom is 0.409 e. The molecule has 9 heteroatoms. The van der Waals surface area contributed by atoms with E-state index in [-0.39, 0.29) is 26.4 Å². The molecule has 0 amide bonds. The van der Waals surface area contributed by atoms with Gasteiger partial charge in [0.1, 0.15) is 6.10 Å². The first-order valence-corrected chi connectivity index (χ1v) is 11.5. The van der Waals surface area contributed by atoms with Gasteiger partial charge in [-0.25, -0.2) is 0 Å². The minimum Gasteiger partial charge on any atom is -0.394 e. The highest BCUT2D eigenvalue weighted by molar-refractivity contribution is 7.82. The van der Waals surface area contributed by atoms with Crippen LogP contribution in [0.25, 0.3) is 0 Å². The smallest absolute Gasteiger partial charge is 0.394 e. The molecule has 162 valence electrons. The van der Waals surface area contributed by atoms with Crippen molar-refractivity contribution in [3.05, 3.63) is 0 Å². The van der Waals surface area contributed by atoms with Crippen LogP contribution in [0.5, 0.6) is 0 Å². The minimum absolute atomic E-state index is 0.0869. The highest BCUT2D eigenvalue weighted by Gasteiger charge is 2.57. The van der Waals surface area contributed by atoms with E-state index in [1.807, 2.05) is 0 Å². The van der Waals surface area contributed by atoms with Gasteiger partial charge in [0.05, 0.1) is 26.4 Å². The summed E-state index contributed by atoms with van der Waals surface area (Å²) in [6.45, 7) is 2.68. The molecule has 0 aromatic carbocycles. The molecule has 0 saturated carbocycles. The number of hydrogen-bond acceptors (Lipinski definition) is 8. The van der Waals surface area contributed by atoms with Crippen LogP contribution in [0.3, 0.4) is 0 Å². The molecule has 1 aliphatic heterocycles. The van der Waals surface area contributed by atoms with Gasteiger partial charge in [-0.2, -0.15) is 16.8 Å². The third-order valence-electron chi connectivity index (χ3n) is 4.45. The predicted octanol–water partition coefficient (Wildman–Crippen LogP) is 2.63. The summed E-state index contributed by atoms with van der Waals surface area (Å²) >= 11 is 0. The maximum atomic E-state index is 11.1. The van der Waals surface area contributed by atoms with Crippen molar-refractivity contribution in [2.75, 3.05) is 26.4 Å². The zero-order chi connectivity index (χ0) is 20.0. The Morgan fingerprint density at radius 3 is 1.96 bits per heavy atom.